The van der Waals surface area contributed by atoms with Gasteiger partial charge in [-0.05, 0) is 54.1 Å². The standard InChI is InChI=1S/C20H31NO2S/c1-6-9-10-16-17(12-11-15(4)24-5)20(13-23-14-20)21-18(22)19(16,7-2)8-3/h11-12H,4,6-10,13-14H2,1-3,5H3,(H,21,22)/b12-11-. The Morgan fingerprint density at radius 2 is 2.00 bits per heavy atom. The number of unbranched alkanes of at least 4 members (excludes halogenated alkanes) is 1. The van der Waals surface area contributed by atoms with Crippen molar-refractivity contribution in [2.24, 2.45) is 5.41 Å². The number of carbonyl (C=O) groups is 1. The van der Waals surface area contributed by atoms with E-state index in [0.29, 0.717) is 13.2 Å². The normalized spacial score (nSPS) is 21.9. The molecular formula is C20H31NO2S. The molecule has 1 amide bonds. The fourth-order valence-electron chi connectivity index (χ4n) is 3.85. The van der Waals surface area contributed by atoms with Crippen molar-refractivity contribution >= 4 is 17.7 Å². The van der Waals surface area contributed by atoms with E-state index >= 15 is 0 Å². The van der Waals surface area contributed by atoms with Crippen LogP contribution >= 0.6 is 11.8 Å². The minimum Gasteiger partial charge on any atom is -0.376 e. The van der Waals surface area contributed by atoms with Gasteiger partial charge in [0.25, 0.3) is 0 Å². The van der Waals surface area contributed by atoms with Crippen molar-refractivity contribution in [3.8, 4) is 0 Å². The van der Waals surface area contributed by atoms with Crippen molar-refractivity contribution in [1.82, 2.24) is 5.32 Å². The zero-order valence-electron chi connectivity index (χ0n) is 15.5. The Morgan fingerprint density at radius 1 is 1.33 bits per heavy atom. The van der Waals surface area contributed by atoms with Crippen LogP contribution in [-0.4, -0.2) is 30.9 Å². The van der Waals surface area contributed by atoms with E-state index in [2.05, 4.69) is 44.8 Å². The molecule has 0 unspecified atom stereocenters. The second-order valence-electron chi connectivity index (χ2n) is 6.82. The molecule has 0 aromatic carbocycles. The number of rotatable bonds is 8. The van der Waals surface area contributed by atoms with E-state index in [1.807, 2.05) is 6.26 Å². The van der Waals surface area contributed by atoms with Crippen LogP contribution in [0.15, 0.2) is 34.8 Å². The molecule has 2 heterocycles. The number of amides is 1. The van der Waals surface area contributed by atoms with Gasteiger partial charge in [-0.25, -0.2) is 0 Å². The summed E-state index contributed by atoms with van der Waals surface area (Å²) in [5, 5.41) is 3.31. The summed E-state index contributed by atoms with van der Waals surface area (Å²) in [6.07, 6.45) is 11.2. The number of carbonyl (C=O) groups excluding carboxylic acids is 1. The Morgan fingerprint density at radius 3 is 2.46 bits per heavy atom. The van der Waals surface area contributed by atoms with E-state index in [1.165, 1.54) is 11.1 Å². The molecule has 0 aromatic heterocycles. The topological polar surface area (TPSA) is 38.3 Å². The maximum absolute atomic E-state index is 13.1. The summed E-state index contributed by atoms with van der Waals surface area (Å²) in [4.78, 5) is 14.1. The molecule has 2 rings (SSSR count). The lowest BCUT2D eigenvalue weighted by Gasteiger charge is -2.52. The van der Waals surface area contributed by atoms with Gasteiger partial charge in [0.2, 0.25) is 5.91 Å². The molecular weight excluding hydrogens is 318 g/mol. The molecule has 1 N–H and O–H groups in total. The van der Waals surface area contributed by atoms with Crippen molar-refractivity contribution in [1.29, 1.82) is 0 Å². The van der Waals surface area contributed by atoms with Gasteiger partial charge >= 0.3 is 0 Å². The summed E-state index contributed by atoms with van der Waals surface area (Å²) in [7, 11) is 0. The number of ether oxygens (including phenoxy) is 1. The molecule has 3 nitrogen and oxygen atoms in total. The van der Waals surface area contributed by atoms with Gasteiger partial charge in [0, 0.05) is 0 Å². The van der Waals surface area contributed by atoms with Gasteiger partial charge in [0.1, 0.15) is 5.54 Å². The Hall–Kier alpha value is -1.00. The molecule has 1 saturated heterocycles. The van der Waals surface area contributed by atoms with Crippen molar-refractivity contribution in [2.45, 2.75) is 58.4 Å². The number of allylic oxidation sites excluding steroid dienone is 1. The van der Waals surface area contributed by atoms with Crippen LogP contribution in [0.25, 0.3) is 0 Å². The lowest BCUT2D eigenvalue weighted by atomic mass is 9.64. The van der Waals surface area contributed by atoms with Gasteiger partial charge in [0.05, 0.1) is 18.6 Å². The third-order valence-corrected chi connectivity index (χ3v) is 6.25. The SMILES string of the molecule is C=C(/C=C\C1=C(CCCC)C(CC)(CC)C(=O)NC12COC2)SC. The van der Waals surface area contributed by atoms with Crippen LogP contribution < -0.4 is 5.32 Å². The van der Waals surface area contributed by atoms with Crippen LogP contribution in [0.3, 0.4) is 0 Å². The Labute approximate surface area is 151 Å². The second-order valence-corrected chi connectivity index (χ2v) is 7.75. The molecule has 1 fully saturated rings. The smallest absolute Gasteiger partial charge is 0.231 e. The molecule has 2 aliphatic heterocycles. The van der Waals surface area contributed by atoms with Gasteiger partial charge in [-0.3, -0.25) is 4.79 Å². The molecule has 0 saturated carbocycles. The van der Waals surface area contributed by atoms with E-state index in [0.717, 1.165) is 37.0 Å². The van der Waals surface area contributed by atoms with Crippen LogP contribution in [0.1, 0.15) is 52.9 Å². The summed E-state index contributed by atoms with van der Waals surface area (Å²) in [5.74, 6) is 0.183. The van der Waals surface area contributed by atoms with Gasteiger partial charge in [-0.1, -0.05) is 39.8 Å². The van der Waals surface area contributed by atoms with Gasteiger partial charge in [0.15, 0.2) is 0 Å². The molecule has 0 aliphatic carbocycles. The monoisotopic (exact) mass is 349 g/mol. The van der Waals surface area contributed by atoms with Crippen LogP contribution in [-0.2, 0) is 9.53 Å². The fraction of sp³-hybridized carbons (Fsp3) is 0.650. The molecule has 2 aliphatic rings. The van der Waals surface area contributed by atoms with Gasteiger partial charge < -0.3 is 10.1 Å². The summed E-state index contributed by atoms with van der Waals surface area (Å²) < 4.78 is 5.51. The first-order valence-electron chi connectivity index (χ1n) is 9.05. The lowest BCUT2D eigenvalue weighted by molar-refractivity contribution is -0.140. The Balaban J connectivity index is 2.59. The van der Waals surface area contributed by atoms with Crippen LogP contribution in [0, 0.1) is 5.41 Å². The van der Waals surface area contributed by atoms with Crippen molar-refractivity contribution in [2.75, 3.05) is 19.5 Å². The number of hydrogen-bond acceptors (Lipinski definition) is 3. The van der Waals surface area contributed by atoms with Crippen LogP contribution in [0.2, 0.25) is 0 Å². The highest BCUT2D eigenvalue weighted by molar-refractivity contribution is 8.02. The van der Waals surface area contributed by atoms with Gasteiger partial charge in [-0.2, -0.15) is 0 Å². The first-order valence-corrected chi connectivity index (χ1v) is 10.3. The molecule has 0 aromatic rings. The maximum Gasteiger partial charge on any atom is 0.231 e. The number of thioether (sulfide) groups is 1. The Kier molecular flexibility index (Phi) is 6.38. The first-order chi connectivity index (χ1) is 11.5. The minimum atomic E-state index is -0.379. The van der Waals surface area contributed by atoms with E-state index in [4.69, 9.17) is 4.74 Å². The Bertz CT molecular complexity index is 554. The van der Waals surface area contributed by atoms with E-state index in [9.17, 15) is 4.79 Å². The quantitative estimate of drug-likeness (QED) is 0.650. The first kappa shape index (κ1) is 19.3. The molecule has 134 valence electrons. The average molecular weight is 350 g/mol. The lowest BCUT2D eigenvalue weighted by Crippen LogP contribution is -2.68. The zero-order chi connectivity index (χ0) is 17.8. The van der Waals surface area contributed by atoms with Crippen molar-refractivity contribution in [3.05, 3.63) is 34.8 Å². The summed E-state index contributed by atoms with van der Waals surface area (Å²) >= 11 is 1.65. The molecule has 0 bridgehead atoms. The molecule has 1 spiro atoms. The van der Waals surface area contributed by atoms with Crippen LogP contribution in [0.5, 0.6) is 0 Å². The summed E-state index contributed by atoms with van der Waals surface area (Å²) in [5.41, 5.74) is 1.88. The third kappa shape index (κ3) is 3.23. The fourth-order valence-corrected chi connectivity index (χ4v) is 4.06. The van der Waals surface area contributed by atoms with E-state index in [-0.39, 0.29) is 16.9 Å². The molecule has 24 heavy (non-hydrogen) atoms. The molecule has 0 radical (unpaired) electrons. The van der Waals surface area contributed by atoms with Crippen molar-refractivity contribution in [3.63, 3.8) is 0 Å². The summed E-state index contributed by atoms with van der Waals surface area (Å²) in [6, 6.07) is 0. The highest BCUT2D eigenvalue weighted by Crippen LogP contribution is 2.48. The van der Waals surface area contributed by atoms with E-state index in [1.54, 1.807) is 11.8 Å². The summed E-state index contributed by atoms with van der Waals surface area (Å²) in [6.45, 7) is 11.7. The van der Waals surface area contributed by atoms with E-state index < -0.39 is 0 Å². The maximum atomic E-state index is 13.1. The average Bonchev–Trinajstić information content (AvgIpc) is 2.56. The largest absolute Gasteiger partial charge is 0.376 e. The predicted octanol–water partition coefficient (Wildman–Crippen LogP) is 4.61. The van der Waals surface area contributed by atoms with Crippen LogP contribution in [0.4, 0.5) is 0 Å². The zero-order valence-corrected chi connectivity index (χ0v) is 16.4. The predicted molar refractivity (Wildman–Crippen MR) is 103 cm³/mol. The highest BCUT2D eigenvalue weighted by Gasteiger charge is 2.54. The second kappa shape index (κ2) is 7.92. The third-order valence-electron chi connectivity index (χ3n) is 5.59. The van der Waals surface area contributed by atoms with Crippen molar-refractivity contribution < 1.29 is 9.53 Å². The highest BCUT2D eigenvalue weighted by atomic mass is 32.2. The number of nitrogens with one attached hydrogen (secondary N) is 1. The minimum absolute atomic E-state index is 0.183. The molecule has 0 atom stereocenters. The van der Waals surface area contributed by atoms with Gasteiger partial charge in [-0.15, -0.1) is 11.8 Å². The molecule has 4 heteroatoms. The number of hydrogen-bond donors (Lipinski definition) is 1.